The Balaban J connectivity index is 2.23. The van der Waals surface area contributed by atoms with E-state index in [2.05, 4.69) is 5.32 Å². The van der Waals surface area contributed by atoms with Gasteiger partial charge in [-0.1, -0.05) is 36.4 Å². The first-order chi connectivity index (χ1) is 10.1. The minimum atomic E-state index is -0.365. The summed E-state index contributed by atoms with van der Waals surface area (Å²) in [6.45, 7) is 2.90. The van der Waals surface area contributed by atoms with Crippen molar-refractivity contribution >= 4 is 11.4 Å². The Morgan fingerprint density at radius 2 is 1.86 bits per heavy atom. The molecule has 0 fully saturated rings. The number of para-hydroxylation sites is 1. The number of anilines is 1. The van der Waals surface area contributed by atoms with Gasteiger partial charge in [0, 0.05) is 19.7 Å². The molecule has 0 unspecified atom stereocenters. The maximum Gasteiger partial charge on any atom is 0.292 e. The molecule has 0 aromatic heterocycles. The molecule has 0 heterocycles. The van der Waals surface area contributed by atoms with Crippen molar-refractivity contribution in [1.29, 1.82) is 0 Å². The average Bonchev–Trinajstić information content (AvgIpc) is 2.47. The van der Waals surface area contributed by atoms with E-state index in [1.54, 1.807) is 13.2 Å². The van der Waals surface area contributed by atoms with Gasteiger partial charge in [0.2, 0.25) is 0 Å². The lowest BCUT2D eigenvalue weighted by atomic mass is 10.1. The van der Waals surface area contributed by atoms with Crippen molar-refractivity contribution in [2.24, 2.45) is 0 Å². The molecule has 0 aliphatic rings. The molecule has 0 aliphatic carbocycles. The van der Waals surface area contributed by atoms with Crippen LogP contribution < -0.4 is 5.32 Å². The quantitative estimate of drug-likeness (QED) is 0.650. The highest BCUT2D eigenvalue weighted by Crippen LogP contribution is 2.28. The molecule has 0 saturated carbocycles. The number of nitrogens with zero attached hydrogens (tertiary/aromatic N) is 1. The molecule has 0 aliphatic heterocycles. The van der Waals surface area contributed by atoms with Gasteiger partial charge in [-0.25, -0.2) is 0 Å². The molecule has 5 heteroatoms. The highest BCUT2D eigenvalue weighted by Gasteiger charge is 2.15. The highest BCUT2D eigenvalue weighted by molar-refractivity contribution is 5.66. The largest absolute Gasteiger partial charge is 0.380 e. The van der Waals surface area contributed by atoms with Gasteiger partial charge in [0.1, 0.15) is 5.69 Å². The molecule has 0 spiro atoms. The number of nitro benzene ring substituents is 1. The van der Waals surface area contributed by atoms with Gasteiger partial charge in [0.25, 0.3) is 5.69 Å². The van der Waals surface area contributed by atoms with Crippen LogP contribution in [0.1, 0.15) is 16.7 Å². The first kappa shape index (κ1) is 15.0. The maximum absolute atomic E-state index is 11.1. The fourth-order valence-corrected chi connectivity index (χ4v) is 2.24. The Morgan fingerprint density at radius 3 is 2.52 bits per heavy atom. The van der Waals surface area contributed by atoms with Gasteiger partial charge in [-0.2, -0.15) is 0 Å². The lowest BCUT2D eigenvalue weighted by molar-refractivity contribution is -0.384. The lowest BCUT2D eigenvalue weighted by Gasteiger charge is -2.12. The van der Waals surface area contributed by atoms with Crippen LogP contribution in [0.3, 0.4) is 0 Å². The monoisotopic (exact) mass is 286 g/mol. The molecule has 0 amide bonds. The molecule has 5 nitrogen and oxygen atoms in total. The Morgan fingerprint density at radius 1 is 1.14 bits per heavy atom. The highest BCUT2D eigenvalue weighted by atomic mass is 16.6. The summed E-state index contributed by atoms with van der Waals surface area (Å²) >= 11 is 0. The van der Waals surface area contributed by atoms with Crippen LogP contribution in [0.5, 0.6) is 0 Å². The average molecular weight is 286 g/mol. The van der Waals surface area contributed by atoms with E-state index < -0.39 is 0 Å². The molecule has 21 heavy (non-hydrogen) atoms. The molecular formula is C16H18N2O3. The minimum absolute atomic E-state index is 0.0965. The summed E-state index contributed by atoms with van der Waals surface area (Å²) in [6.07, 6.45) is 0. The van der Waals surface area contributed by atoms with Crippen LogP contribution in [0.25, 0.3) is 0 Å². The van der Waals surface area contributed by atoms with E-state index in [0.29, 0.717) is 18.8 Å². The van der Waals surface area contributed by atoms with Gasteiger partial charge in [0.05, 0.1) is 11.5 Å². The van der Waals surface area contributed by atoms with Crippen molar-refractivity contribution in [3.05, 3.63) is 69.3 Å². The number of aryl methyl sites for hydroxylation is 1. The normalized spacial score (nSPS) is 10.4. The van der Waals surface area contributed by atoms with Crippen LogP contribution >= 0.6 is 0 Å². The molecule has 2 aromatic carbocycles. The third-order valence-corrected chi connectivity index (χ3v) is 3.32. The van der Waals surface area contributed by atoms with Gasteiger partial charge in [-0.3, -0.25) is 10.1 Å². The predicted octanol–water partition coefficient (Wildman–Crippen LogP) is 3.66. The van der Waals surface area contributed by atoms with Gasteiger partial charge in [-0.05, 0) is 23.6 Å². The summed E-state index contributed by atoms with van der Waals surface area (Å²) < 4.78 is 5.17. The number of nitro groups is 1. The molecule has 1 N–H and O–H groups in total. The van der Waals surface area contributed by atoms with Crippen LogP contribution in [0, 0.1) is 17.0 Å². The first-order valence-electron chi connectivity index (χ1n) is 6.67. The van der Waals surface area contributed by atoms with E-state index in [1.165, 1.54) is 6.07 Å². The van der Waals surface area contributed by atoms with E-state index >= 15 is 0 Å². The summed E-state index contributed by atoms with van der Waals surface area (Å²) in [5, 5.41) is 14.3. The van der Waals surface area contributed by atoms with Gasteiger partial charge in [0.15, 0.2) is 0 Å². The molecule has 0 saturated heterocycles. The van der Waals surface area contributed by atoms with Crippen molar-refractivity contribution < 1.29 is 9.66 Å². The van der Waals surface area contributed by atoms with Crippen molar-refractivity contribution in [1.82, 2.24) is 0 Å². The van der Waals surface area contributed by atoms with Gasteiger partial charge < -0.3 is 10.1 Å². The first-order valence-corrected chi connectivity index (χ1v) is 6.67. The summed E-state index contributed by atoms with van der Waals surface area (Å²) in [5.74, 6) is 0. The lowest BCUT2D eigenvalue weighted by Crippen LogP contribution is -2.06. The molecule has 110 valence electrons. The van der Waals surface area contributed by atoms with Gasteiger partial charge >= 0.3 is 0 Å². The van der Waals surface area contributed by atoms with E-state index in [-0.39, 0.29) is 10.6 Å². The smallest absolute Gasteiger partial charge is 0.292 e. The molecule has 0 bridgehead atoms. The van der Waals surface area contributed by atoms with Crippen LogP contribution in [0.2, 0.25) is 0 Å². The Kier molecular flexibility index (Phi) is 4.90. The Bertz CT molecular complexity index is 641. The molecule has 2 rings (SSSR count). The molecule has 0 atom stereocenters. The third-order valence-electron chi connectivity index (χ3n) is 3.32. The van der Waals surface area contributed by atoms with Crippen LogP contribution in [0.4, 0.5) is 11.4 Å². The molecule has 2 aromatic rings. The van der Waals surface area contributed by atoms with E-state index in [0.717, 1.165) is 16.7 Å². The fourth-order valence-electron chi connectivity index (χ4n) is 2.24. The topological polar surface area (TPSA) is 64.4 Å². The number of ether oxygens (including phenoxy) is 1. The van der Waals surface area contributed by atoms with Crippen molar-refractivity contribution in [2.75, 3.05) is 12.4 Å². The Hall–Kier alpha value is -2.40. The SMILES string of the molecule is COCc1ccccc1CNc1c(C)cccc1[N+](=O)[O-]. The number of hydrogen-bond donors (Lipinski definition) is 1. The zero-order chi connectivity index (χ0) is 15.2. The molecular weight excluding hydrogens is 268 g/mol. The second-order valence-corrected chi connectivity index (χ2v) is 4.78. The maximum atomic E-state index is 11.1. The van der Waals surface area contributed by atoms with Crippen LogP contribution in [-0.4, -0.2) is 12.0 Å². The zero-order valence-electron chi connectivity index (χ0n) is 12.1. The van der Waals surface area contributed by atoms with Crippen molar-refractivity contribution in [3.63, 3.8) is 0 Å². The van der Waals surface area contributed by atoms with Crippen molar-refractivity contribution in [3.8, 4) is 0 Å². The fraction of sp³-hybridized carbons (Fsp3) is 0.250. The van der Waals surface area contributed by atoms with Crippen LogP contribution in [0.15, 0.2) is 42.5 Å². The summed E-state index contributed by atoms with van der Waals surface area (Å²) in [7, 11) is 1.65. The summed E-state index contributed by atoms with van der Waals surface area (Å²) in [5.41, 5.74) is 3.66. The second-order valence-electron chi connectivity index (χ2n) is 4.78. The number of rotatable bonds is 6. The number of hydrogen-bond acceptors (Lipinski definition) is 4. The number of benzene rings is 2. The number of methoxy groups -OCH3 is 1. The van der Waals surface area contributed by atoms with Crippen molar-refractivity contribution in [2.45, 2.75) is 20.1 Å². The van der Waals surface area contributed by atoms with E-state index in [1.807, 2.05) is 37.3 Å². The second kappa shape index (κ2) is 6.85. The minimum Gasteiger partial charge on any atom is -0.380 e. The molecule has 0 radical (unpaired) electrons. The summed E-state index contributed by atoms with van der Waals surface area (Å²) in [6, 6.07) is 12.9. The van der Waals surface area contributed by atoms with E-state index in [9.17, 15) is 10.1 Å². The third kappa shape index (κ3) is 3.58. The Labute approximate surface area is 123 Å². The standard InChI is InChI=1S/C16H18N2O3/c1-12-6-5-9-15(18(19)20)16(12)17-10-13-7-3-4-8-14(13)11-21-2/h3-9,17H,10-11H2,1-2H3. The number of nitrogens with one attached hydrogen (secondary N) is 1. The predicted molar refractivity (Wildman–Crippen MR) is 82.3 cm³/mol. The summed E-state index contributed by atoms with van der Waals surface area (Å²) in [4.78, 5) is 10.7. The van der Waals surface area contributed by atoms with E-state index in [4.69, 9.17) is 4.74 Å². The van der Waals surface area contributed by atoms with Crippen LogP contribution in [-0.2, 0) is 17.9 Å². The van der Waals surface area contributed by atoms with Gasteiger partial charge in [-0.15, -0.1) is 0 Å². The zero-order valence-corrected chi connectivity index (χ0v) is 12.1.